The van der Waals surface area contributed by atoms with Crippen molar-refractivity contribution in [2.24, 2.45) is 0 Å². The quantitative estimate of drug-likeness (QED) is 0.716. The summed E-state index contributed by atoms with van der Waals surface area (Å²) in [7, 11) is 0. The van der Waals surface area contributed by atoms with Gasteiger partial charge in [-0.25, -0.2) is 0 Å². The van der Waals surface area contributed by atoms with E-state index in [0.717, 1.165) is 45.2 Å². The van der Waals surface area contributed by atoms with E-state index in [9.17, 15) is 9.90 Å². The third-order valence-electron chi connectivity index (χ3n) is 4.82. The number of carbonyl (C=O) groups excluding carboxylic acids is 1. The molecule has 0 unspecified atom stereocenters. The summed E-state index contributed by atoms with van der Waals surface area (Å²) in [6.07, 6.45) is 7.86. The maximum Gasteiger partial charge on any atom is 0.244 e. The molecule has 96 valence electrons. The molecule has 0 aromatic carbocycles. The fourth-order valence-corrected chi connectivity index (χ4v) is 3.69. The second-order valence-electron chi connectivity index (χ2n) is 5.86. The molecular formula is C13H22N2O2. The number of aliphatic hydroxyl groups excluding tert-OH is 1. The predicted octanol–water partition coefficient (Wildman–Crippen LogP) is 0.992. The van der Waals surface area contributed by atoms with E-state index in [1.165, 1.54) is 12.8 Å². The fraction of sp³-hybridized carbons (Fsp3) is 0.923. The van der Waals surface area contributed by atoms with E-state index in [0.29, 0.717) is 11.9 Å². The summed E-state index contributed by atoms with van der Waals surface area (Å²) in [5.41, 5.74) is -0.212. The number of nitrogens with zero attached hydrogens (tertiary/aromatic N) is 1. The van der Waals surface area contributed by atoms with Crippen molar-refractivity contribution in [1.29, 1.82) is 0 Å². The molecule has 0 radical (unpaired) electrons. The van der Waals surface area contributed by atoms with E-state index in [1.54, 1.807) is 0 Å². The molecule has 0 aromatic heterocycles. The van der Waals surface area contributed by atoms with Crippen LogP contribution in [0, 0.1) is 0 Å². The molecule has 1 aliphatic heterocycles. The lowest BCUT2D eigenvalue weighted by molar-refractivity contribution is -0.135. The Morgan fingerprint density at radius 3 is 2.47 bits per heavy atom. The van der Waals surface area contributed by atoms with Crippen LogP contribution in [0.5, 0.6) is 0 Å². The zero-order valence-electron chi connectivity index (χ0n) is 10.3. The number of hydrogen-bond acceptors (Lipinski definition) is 3. The van der Waals surface area contributed by atoms with E-state index in [2.05, 4.69) is 5.32 Å². The molecule has 3 fully saturated rings. The molecule has 3 rings (SSSR count). The highest BCUT2D eigenvalue weighted by atomic mass is 16.3. The van der Waals surface area contributed by atoms with Crippen LogP contribution in [-0.4, -0.2) is 40.3 Å². The first-order chi connectivity index (χ1) is 8.21. The van der Waals surface area contributed by atoms with E-state index in [1.807, 2.05) is 4.90 Å². The maximum absolute atomic E-state index is 12.5. The van der Waals surface area contributed by atoms with E-state index in [4.69, 9.17) is 0 Å². The highest BCUT2D eigenvalue weighted by Gasteiger charge is 2.49. The van der Waals surface area contributed by atoms with Crippen molar-refractivity contribution in [2.45, 2.75) is 69.1 Å². The van der Waals surface area contributed by atoms with Crippen molar-refractivity contribution in [3.05, 3.63) is 0 Å². The average molecular weight is 238 g/mol. The van der Waals surface area contributed by atoms with Crippen molar-refractivity contribution < 1.29 is 9.90 Å². The second kappa shape index (κ2) is 4.25. The first-order valence-electron chi connectivity index (χ1n) is 6.95. The summed E-state index contributed by atoms with van der Waals surface area (Å²) in [5.74, 6) is 0.330. The van der Waals surface area contributed by atoms with Crippen molar-refractivity contribution in [2.75, 3.05) is 6.67 Å². The van der Waals surface area contributed by atoms with Gasteiger partial charge in [0.05, 0.1) is 18.3 Å². The maximum atomic E-state index is 12.5. The minimum absolute atomic E-state index is 0.141. The minimum Gasteiger partial charge on any atom is -0.393 e. The lowest BCUT2D eigenvalue weighted by atomic mass is 9.91. The molecular weight excluding hydrogens is 216 g/mol. The molecule has 1 amide bonds. The second-order valence-corrected chi connectivity index (χ2v) is 5.86. The molecule has 2 N–H and O–H groups in total. The number of hydrogen-bond donors (Lipinski definition) is 2. The van der Waals surface area contributed by atoms with Gasteiger partial charge in [0.15, 0.2) is 0 Å². The Balaban J connectivity index is 1.67. The zero-order chi connectivity index (χ0) is 11.9. The molecule has 2 saturated carbocycles. The lowest BCUT2D eigenvalue weighted by Crippen LogP contribution is -2.46. The molecule has 17 heavy (non-hydrogen) atoms. The van der Waals surface area contributed by atoms with Crippen LogP contribution in [0.3, 0.4) is 0 Å². The number of amides is 1. The number of rotatable bonds is 1. The van der Waals surface area contributed by atoms with Gasteiger partial charge >= 0.3 is 0 Å². The van der Waals surface area contributed by atoms with Crippen LogP contribution in [0.4, 0.5) is 0 Å². The number of aliphatic hydroxyl groups is 1. The summed E-state index contributed by atoms with van der Waals surface area (Å²) in [4.78, 5) is 14.6. The Morgan fingerprint density at radius 2 is 1.82 bits per heavy atom. The third kappa shape index (κ3) is 1.87. The van der Waals surface area contributed by atoms with Gasteiger partial charge in [0, 0.05) is 6.04 Å². The predicted molar refractivity (Wildman–Crippen MR) is 64.3 cm³/mol. The summed E-state index contributed by atoms with van der Waals surface area (Å²) < 4.78 is 0. The summed E-state index contributed by atoms with van der Waals surface area (Å²) in [6, 6.07) is 0.360. The van der Waals surface area contributed by atoms with Gasteiger partial charge in [-0.1, -0.05) is 12.8 Å². The Bertz CT molecular complexity index is 305. The lowest BCUT2D eigenvalue weighted by Gasteiger charge is -2.33. The molecule has 1 heterocycles. The minimum atomic E-state index is -0.212. The molecule has 3 aliphatic rings. The highest BCUT2D eigenvalue weighted by molar-refractivity contribution is 5.89. The third-order valence-corrected chi connectivity index (χ3v) is 4.82. The SMILES string of the molecule is O=C1N(C2CCC(O)CC2)CNC12CCCC2. The van der Waals surface area contributed by atoms with Crippen molar-refractivity contribution in [3.63, 3.8) is 0 Å². The molecule has 4 nitrogen and oxygen atoms in total. The Hall–Kier alpha value is -0.610. The van der Waals surface area contributed by atoms with Crippen molar-refractivity contribution >= 4 is 5.91 Å². The first kappa shape index (κ1) is 11.5. The average Bonchev–Trinajstić information content (AvgIpc) is 2.92. The monoisotopic (exact) mass is 238 g/mol. The van der Waals surface area contributed by atoms with Gasteiger partial charge in [-0.3, -0.25) is 10.1 Å². The fourth-order valence-electron chi connectivity index (χ4n) is 3.69. The van der Waals surface area contributed by atoms with Gasteiger partial charge in [-0.2, -0.15) is 0 Å². The van der Waals surface area contributed by atoms with Crippen LogP contribution in [0.2, 0.25) is 0 Å². The van der Waals surface area contributed by atoms with Gasteiger partial charge < -0.3 is 10.0 Å². The van der Waals surface area contributed by atoms with E-state index in [-0.39, 0.29) is 11.6 Å². The van der Waals surface area contributed by atoms with Crippen molar-refractivity contribution in [1.82, 2.24) is 10.2 Å². The van der Waals surface area contributed by atoms with Crippen LogP contribution in [0.25, 0.3) is 0 Å². The van der Waals surface area contributed by atoms with Crippen LogP contribution < -0.4 is 5.32 Å². The molecule has 1 saturated heterocycles. The molecule has 0 atom stereocenters. The Kier molecular flexibility index (Phi) is 2.87. The van der Waals surface area contributed by atoms with Gasteiger partial charge in [-0.05, 0) is 38.5 Å². The van der Waals surface area contributed by atoms with Crippen LogP contribution in [0.15, 0.2) is 0 Å². The van der Waals surface area contributed by atoms with Gasteiger partial charge in [0.2, 0.25) is 5.91 Å². The van der Waals surface area contributed by atoms with E-state index >= 15 is 0 Å². The van der Waals surface area contributed by atoms with Gasteiger partial charge in [-0.15, -0.1) is 0 Å². The summed E-state index contributed by atoms with van der Waals surface area (Å²) >= 11 is 0. The van der Waals surface area contributed by atoms with Crippen LogP contribution in [0.1, 0.15) is 51.4 Å². The molecule has 2 aliphatic carbocycles. The van der Waals surface area contributed by atoms with Crippen LogP contribution >= 0.6 is 0 Å². The number of carbonyl (C=O) groups is 1. The zero-order valence-corrected chi connectivity index (χ0v) is 10.3. The Labute approximate surface area is 102 Å². The Morgan fingerprint density at radius 1 is 1.18 bits per heavy atom. The topological polar surface area (TPSA) is 52.6 Å². The highest BCUT2D eigenvalue weighted by Crippen LogP contribution is 2.36. The largest absolute Gasteiger partial charge is 0.393 e. The number of nitrogens with one attached hydrogen (secondary N) is 1. The first-order valence-corrected chi connectivity index (χ1v) is 6.95. The standard InChI is InChI=1S/C13H22N2O2/c16-11-5-3-10(4-6-11)15-9-14-13(12(15)17)7-1-2-8-13/h10-11,14,16H,1-9H2. The molecule has 0 aromatic rings. The van der Waals surface area contributed by atoms with Gasteiger partial charge in [0.25, 0.3) is 0 Å². The molecule has 0 bridgehead atoms. The summed E-state index contributed by atoms with van der Waals surface area (Å²) in [5, 5.41) is 13.0. The van der Waals surface area contributed by atoms with Crippen molar-refractivity contribution in [3.8, 4) is 0 Å². The molecule has 1 spiro atoms. The smallest absolute Gasteiger partial charge is 0.244 e. The molecule has 4 heteroatoms. The normalized spacial score (nSPS) is 37.0. The van der Waals surface area contributed by atoms with Gasteiger partial charge in [0.1, 0.15) is 0 Å². The summed E-state index contributed by atoms with van der Waals surface area (Å²) in [6.45, 7) is 0.722. The van der Waals surface area contributed by atoms with E-state index < -0.39 is 0 Å². The van der Waals surface area contributed by atoms with Crippen LogP contribution in [-0.2, 0) is 4.79 Å².